The molecule has 0 saturated carbocycles. The van der Waals surface area contributed by atoms with Crippen LogP contribution in [0.15, 0.2) is 42.9 Å². The predicted octanol–water partition coefficient (Wildman–Crippen LogP) is 2.44. The Labute approximate surface area is 167 Å². The van der Waals surface area contributed by atoms with Crippen LogP contribution in [0.4, 0.5) is 0 Å². The molecule has 2 aromatic rings. The van der Waals surface area contributed by atoms with Crippen LogP contribution in [0.25, 0.3) is 0 Å². The van der Waals surface area contributed by atoms with E-state index in [2.05, 4.69) is 28.7 Å². The Hall–Kier alpha value is -2.47. The maximum absolute atomic E-state index is 12.6. The predicted molar refractivity (Wildman–Crippen MR) is 109 cm³/mol. The normalized spacial score (nSPS) is 15.0. The molecule has 1 saturated heterocycles. The van der Waals surface area contributed by atoms with E-state index in [0.717, 1.165) is 56.2 Å². The molecule has 1 aliphatic rings. The summed E-state index contributed by atoms with van der Waals surface area (Å²) < 4.78 is 5.70. The zero-order valence-corrected chi connectivity index (χ0v) is 16.9. The van der Waals surface area contributed by atoms with E-state index < -0.39 is 0 Å². The van der Waals surface area contributed by atoms with E-state index in [-0.39, 0.29) is 5.91 Å². The first kappa shape index (κ1) is 20.3. The van der Waals surface area contributed by atoms with Crippen LogP contribution >= 0.6 is 0 Å². The number of nitrogens with zero attached hydrogens (tertiary/aromatic N) is 4. The van der Waals surface area contributed by atoms with Crippen LogP contribution in [0.2, 0.25) is 0 Å². The van der Waals surface area contributed by atoms with E-state index in [4.69, 9.17) is 4.74 Å². The number of ether oxygens (including phenoxy) is 1. The van der Waals surface area contributed by atoms with Gasteiger partial charge in [-0.25, -0.2) is 0 Å². The Morgan fingerprint density at radius 3 is 2.50 bits per heavy atom. The van der Waals surface area contributed by atoms with Gasteiger partial charge < -0.3 is 9.64 Å². The summed E-state index contributed by atoms with van der Waals surface area (Å²) in [5, 5.41) is 0. The minimum absolute atomic E-state index is 0.199. The zero-order valence-electron chi connectivity index (χ0n) is 16.9. The molecule has 0 unspecified atom stereocenters. The minimum atomic E-state index is 0.199. The van der Waals surface area contributed by atoms with Gasteiger partial charge in [-0.1, -0.05) is 26.0 Å². The molecule has 6 nitrogen and oxygen atoms in total. The van der Waals surface area contributed by atoms with Crippen LogP contribution in [0.5, 0.6) is 5.75 Å². The summed E-state index contributed by atoms with van der Waals surface area (Å²) in [6, 6.07) is 7.89. The van der Waals surface area contributed by atoms with Gasteiger partial charge in [-0.3, -0.25) is 19.7 Å². The zero-order chi connectivity index (χ0) is 19.8. The van der Waals surface area contributed by atoms with Gasteiger partial charge in [0.05, 0.1) is 18.7 Å². The van der Waals surface area contributed by atoms with Gasteiger partial charge in [-0.2, -0.15) is 0 Å². The first-order valence-electron chi connectivity index (χ1n) is 10.1. The standard InChI is InChI=1S/C22H30N4O2/c1-18(2)17-28-21-5-3-19(4-6-21)15-22(27)26-13-11-25(12-14-26)10-7-20-16-23-8-9-24-20/h3-6,8-9,16,18H,7,10-15,17H2,1-2H3. The van der Waals surface area contributed by atoms with Crippen molar-refractivity contribution in [2.75, 3.05) is 39.3 Å². The molecule has 1 fully saturated rings. The largest absolute Gasteiger partial charge is 0.493 e. The Bertz CT molecular complexity index is 726. The minimum Gasteiger partial charge on any atom is -0.493 e. The van der Waals surface area contributed by atoms with E-state index in [0.29, 0.717) is 18.9 Å². The van der Waals surface area contributed by atoms with Crippen molar-refractivity contribution in [1.29, 1.82) is 0 Å². The lowest BCUT2D eigenvalue weighted by Gasteiger charge is -2.34. The number of benzene rings is 1. The van der Waals surface area contributed by atoms with Crippen LogP contribution in [-0.2, 0) is 17.6 Å². The highest BCUT2D eigenvalue weighted by molar-refractivity contribution is 5.78. The lowest BCUT2D eigenvalue weighted by molar-refractivity contribution is -0.132. The van der Waals surface area contributed by atoms with E-state index in [1.807, 2.05) is 35.4 Å². The summed E-state index contributed by atoms with van der Waals surface area (Å²) >= 11 is 0. The van der Waals surface area contributed by atoms with Gasteiger partial charge in [0.15, 0.2) is 0 Å². The summed E-state index contributed by atoms with van der Waals surface area (Å²) in [6.07, 6.45) is 6.59. The smallest absolute Gasteiger partial charge is 0.227 e. The van der Waals surface area contributed by atoms with Gasteiger partial charge in [-0.15, -0.1) is 0 Å². The molecule has 2 heterocycles. The van der Waals surface area contributed by atoms with Gasteiger partial charge in [0.2, 0.25) is 5.91 Å². The third-order valence-electron chi connectivity index (χ3n) is 4.89. The molecule has 0 aliphatic carbocycles. The lowest BCUT2D eigenvalue weighted by atomic mass is 10.1. The van der Waals surface area contributed by atoms with Crippen LogP contribution < -0.4 is 4.74 Å². The molecule has 1 aromatic heterocycles. The molecule has 0 spiro atoms. The number of aromatic nitrogens is 2. The molecule has 0 bridgehead atoms. The summed E-state index contributed by atoms with van der Waals surface area (Å²) in [6.45, 7) is 9.31. The molecular weight excluding hydrogens is 352 g/mol. The topological polar surface area (TPSA) is 58.6 Å². The fraction of sp³-hybridized carbons (Fsp3) is 0.500. The molecule has 150 valence electrons. The molecule has 0 radical (unpaired) electrons. The number of carbonyl (C=O) groups is 1. The average molecular weight is 383 g/mol. The number of amides is 1. The molecule has 1 aliphatic heterocycles. The first-order chi connectivity index (χ1) is 13.6. The van der Waals surface area contributed by atoms with Crippen molar-refractivity contribution >= 4 is 5.91 Å². The van der Waals surface area contributed by atoms with Crippen molar-refractivity contribution in [3.8, 4) is 5.75 Å². The first-order valence-corrected chi connectivity index (χ1v) is 10.1. The van der Waals surface area contributed by atoms with Crippen molar-refractivity contribution in [3.05, 3.63) is 54.1 Å². The Kier molecular flexibility index (Phi) is 7.37. The van der Waals surface area contributed by atoms with Crippen molar-refractivity contribution in [2.24, 2.45) is 5.92 Å². The van der Waals surface area contributed by atoms with Crippen LogP contribution in [-0.4, -0.2) is 65.0 Å². The summed E-state index contributed by atoms with van der Waals surface area (Å²) in [5.41, 5.74) is 2.05. The SMILES string of the molecule is CC(C)COc1ccc(CC(=O)N2CCN(CCc3cnccn3)CC2)cc1. The third kappa shape index (κ3) is 6.30. The van der Waals surface area contributed by atoms with Gasteiger partial charge >= 0.3 is 0 Å². The van der Waals surface area contributed by atoms with Gasteiger partial charge in [0.1, 0.15) is 5.75 Å². The van der Waals surface area contributed by atoms with Crippen molar-refractivity contribution in [1.82, 2.24) is 19.8 Å². The number of rotatable bonds is 8. The molecule has 3 rings (SSSR count). The van der Waals surface area contributed by atoms with Crippen LogP contribution in [0, 0.1) is 5.92 Å². The van der Waals surface area contributed by atoms with Gasteiger partial charge in [-0.05, 0) is 23.6 Å². The van der Waals surface area contributed by atoms with Gasteiger partial charge in [0, 0.05) is 57.7 Å². The molecular formula is C22H30N4O2. The Morgan fingerprint density at radius 2 is 1.86 bits per heavy atom. The van der Waals surface area contributed by atoms with E-state index in [9.17, 15) is 4.79 Å². The molecule has 1 amide bonds. The quantitative estimate of drug-likeness (QED) is 0.702. The molecule has 0 atom stereocenters. The van der Waals surface area contributed by atoms with E-state index in [1.54, 1.807) is 12.4 Å². The summed E-state index contributed by atoms with van der Waals surface area (Å²) in [7, 11) is 0. The second kappa shape index (κ2) is 10.2. The van der Waals surface area contributed by atoms with Crippen molar-refractivity contribution in [2.45, 2.75) is 26.7 Å². The highest BCUT2D eigenvalue weighted by Crippen LogP contribution is 2.15. The summed E-state index contributed by atoms with van der Waals surface area (Å²) in [5.74, 6) is 1.56. The average Bonchev–Trinajstić information content (AvgIpc) is 2.73. The van der Waals surface area contributed by atoms with E-state index in [1.165, 1.54) is 0 Å². The number of piperazine rings is 1. The molecule has 1 aromatic carbocycles. The van der Waals surface area contributed by atoms with E-state index >= 15 is 0 Å². The molecule has 28 heavy (non-hydrogen) atoms. The third-order valence-corrected chi connectivity index (χ3v) is 4.89. The number of hydrogen-bond acceptors (Lipinski definition) is 5. The van der Waals surface area contributed by atoms with Crippen molar-refractivity contribution in [3.63, 3.8) is 0 Å². The second-order valence-electron chi connectivity index (χ2n) is 7.69. The van der Waals surface area contributed by atoms with Crippen molar-refractivity contribution < 1.29 is 9.53 Å². The Balaban J connectivity index is 1.40. The molecule has 6 heteroatoms. The fourth-order valence-electron chi connectivity index (χ4n) is 3.21. The highest BCUT2D eigenvalue weighted by atomic mass is 16.5. The summed E-state index contributed by atoms with van der Waals surface area (Å²) in [4.78, 5) is 25.4. The fourth-order valence-corrected chi connectivity index (χ4v) is 3.21. The maximum Gasteiger partial charge on any atom is 0.227 e. The second-order valence-corrected chi connectivity index (χ2v) is 7.69. The Morgan fingerprint density at radius 1 is 1.11 bits per heavy atom. The van der Waals surface area contributed by atoms with Gasteiger partial charge in [0.25, 0.3) is 0 Å². The van der Waals surface area contributed by atoms with Crippen LogP contribution in [0.3, 0.4) is 0 Å². The maximum atomic E-state index is 12.6. The number of carbonyl (C=O) groups excluding carboxylic acids is 1. The molecule has 0 N–H and O–H groups in total. The monoisotopic (exact) mass is 382 g/mol. The van der Waals surface area contributed by atoms with Crippen LogP contribution in [0.1, 0.15) is 25.1 Å². The lowest BCUT2D eigenvalue weighted by Crippen LogP contribution is -2.49. The number of hydrogen-bond donors (Lipinski definition) is 0. The highest BCUT2D eigenvalue weighted by Gasteiger charge is 2.21.